The number of fused-ring (bicyclic) bond motifs is 1. The Hall–Kier alpha value is -2.71. The zero-order valence-corrected chi connectivity index (χ0v) is 18.3. The van der Waals surface area contributed by atoms with E-state index in [2.05, 4.69) is 26.2 Å². The Kier molecular flexibility index (Phi) is 5.38. The molecule has 0 spiro atoms. The quantitative estimate of drug-likeness (QED) is 0.605. The maximum absolute atomic E-state index is 12.6. The Morgan fingerprint density at radius 1 is 1.24 bits per heavy atom. The molecule has 2 heterocycles. The average molecular weight is 472 g/mol. The molecule has 0 bridgehead atoms. The van der Waals surface area contributed by atoms with E-state index in [4.69, 9.17) is 4.74 Å². The molecule has 0 saturated heterocycles. The maximum Gasteiger partial charge on any atom is 0.265 e. The summed E-state index contributed by atoms with van der Waals surface area (Å²) in [5.41, 5.74) is 3.02. The van der Waals surface area contributed by atoms with Crippen LogP contribution in [-0.4, -0.2) is 29.9 Å². The first-order valence-electron chi connectivity index (χ1n) is 8.98. The lowest BCUT2D eigenvalue weighted by Crippen LogP contribution is -2.43. The van der Waals surface area contributed by atoms with E-state index < -0.39 is 0 Å². The number of ether oxygens (including phenoxy) is 1. The number of amides is 2. The molecule has 0 radical (unpaired) electrons. The van der Waals surface area contributed by atoms with Gasteiger partial charge in [0.15, 0.2) is 6.61 Å². The molecule has 1 aliphatic heterocycles. The summed E-state index contributed by atoms with van der Waals surface area (Å²) in [6, 6.07) is 12.9. The number of aromatic nitrogens is 1. The largest absolute Gasteiger partial charge is 0.482 e. The fourth-order valence-electron chi connectivity index (χ4n) is 3.20. The SMILES string of the molecule is Cc1nc(-c2ccc3c(c2)N(CC(=O)Nc2ccc(Br)cc2)C(=O)CO3)c(C)s1. The van der Waals surface area contributed by atoms with Gasteiger partial charge in [-0.3, -0.25) is 14.5 Å². The highest BCUT2D eigenvalue weighted by Gasteiger charge is 2.28. The minimum atomic E-state index is -0.278. The highest BCUT2D eigenvalue weighted by atomic mass is 79.9. The van der Waals surface area contributed by atoms with Gasteiger partial charge in [0.2, 0.25) is 5.91 Å². The Morgan fingerprint density at radius 3 is 2.69 bits per heavy atom. The summed E-state index contributed by atoms with van der Waals surface area (Å²) in [5.74, 6) is 0.0424. The van der Waals surface area contributed by atoms with Crippen molar-refractivity contribution in [3.8, 4) is 17.0 Å². The van der Waals surface area contributed by atoms with Crippen LogP contribution in [0.2, 0.25) is 0 Å². The van der Waals surface area contributed by atoms with Crippen molar-refractivity contribution in [2.45, 2.75) is 13.8 Å². The molecule has 6 nitrogen and oxygen atoms in total. The van der Waals surface area contributed by atoms with Gasteiger partial charge in [-0.15, -0.1) is 11.3 Å². The number of carbonyl (C=O) groups is 2. The van der Waals surface area contributed by atoms with Crippen LogP contribution >= 0.6 is 27.3 Å². The molecule has 0 atom stereocenters. The van der Waals surface area contributed by atoms with Crippen molar-refractivity contribution in [3.05, 3.63) is 56.8 Å². The first-order valence-corrected chi connectivity index (χ1v) is 10.6. The van der Waals surface area contributed by atoms with Gasteiger partial charge in [-0.25, -0.2) is 4.98 Å². The number of nitrogens with zero attached hydrogens (tertiary/aromatic N) is 2. The molecule has 148 valence electrons. The Morgan fingerprint density at radius 2 is 2.00 bits per heavy atom. The van der Waals surface area contributed by atoms with Gasteiger partial charge in [0.05, 0.1) is 16.4 Å². The minimum Gasteiger partial charge on any atom is -0.482 e. The first-order chi connectivity index (χ1) is 13.9. The van der Waals surface area contributed by atoms with E-state index in [9.17, 15) is 9.59 Å². The first kappa shape index (κ1) is 19.6. The van der Waals surface area contributed by atoms with Gasteiger partial charge in [-0.1, -0.05) is 15.9 Å². The maximum atomic E-state index is 12.6. The van der Waals surface area contributed by atoms with E-state index in [1.54, 1.807) is 23.5 Å². The van der Waals surface area contributed by atoms with Gasteiger partial charge in [-0.05, 0) is 56.3 Å². The molecule has 0 unspecified atom stereocenters. The number of carbonyl (C=O) groups excluding carboxylic acids is 2. The summed E-state index contributed by atoms with van der Waals surface area (Å²) in [6.45, 7) is 3.80. The lowest BCUT2D eigenvalue weighted by molar-refractivity contribution is -0.123. The van der Waals surface area contributed by atoms with Crippen molar-refractivity contribution in [1.29, 1.82) is 0 Å². The summed E-state index contributed by atoms with van der Waals surface area (Å²) >= 11 is 4.99. The van der Waals surface area contributed by atoms with Gasteiger partial charge >= 0.3 is 0 Å². The smallest absolute Gasteiger partial charge is 0.265 e. The fraction of sp³-hybridized carbons (Fsp3) is 0.190. The molecule has 4 rings (SSSR count). The number of hydrogen-bond donors (Lipinski definition) is 1. The monoisotopic (exact) mass is 471 g/mol. The lowest BCUT2D eigenvalue weighted by Gasteiger charge is -2.29. The topological polar surface area (TPSA) is 71.5 Å². The van der Waals surface area contributed by atoms with Crippen LogP contribution in [0, 0.1) is 13.8 Å². The van der Waals surface area contributed by atoms with Gasteiger partial charge in [0.25, 0.3) is 5.91 Å². The number of thiazole rings is 1. The van der Waals surface area contributed by atoms with Crippen molar-refractivity contribution >= 4 is 50.5 Å². The minimum absolute atomic E-state index is 0.0905. The number of halogens is 1. The zero-order valence-electron chi connectivity index (χ0n) is 15.9. The Bertz CT molecular complexity index is 1100. The van der Waals surface area contributed by atoms with Gasteiger partial charge in [-0.2, -0.15) is 0 Å². The van der Waals surface area contributed by atoms with Gasteiger partial charge in [0.1, 0.15) is 12.3 Å². The molecule has 0 saturated carbocycles. The predicted octanol–water partition coefficient (Wildman–Crippen LogP) is 4.55. The predicted molar refractivity (Wildman–Crippen MR) is 118 cm³/mol. The van der Waals surface area contributed by atoms with E-state index in [0.29, 0.717) is 17.1 Å². The average Bonchev–Trinajstić information content (AvgIpc) is 3.03. The van der Waals surface area contributed by atoms with E-state index in [-0.39, 0.29) is 25.0 Å². The molecule has 1 N–H and O–H groups in total. The second kappa shape index (κ2) is 7.96. The summed E-state index contributed by atoms with van der Waals surface area (Å²) in [7, 11) is 0. The molecular formula is C21H18BrN3O3S. The molecule has 29 heavy (non-hydrogen) atoms. The van der Waals surface area contributed by atoms with Crippen LogP contribution in [0.1, 0.15) is 9.88 Å². The van der Waals surface area contributed by atoms with E-state index >= 15 is 0 Å². The van der Waals surface area contributed by atoms with Gasteiger partial charge in [0, 0.05) is 20.6 Å². The lowest BCUT2D eigenvalue weighted by atomic mass is 10.1. The van der Waals surface area contributed by atoms with Crippen LogP contribution in [0.25, 0.3) is 11.3 Å². The van der Waals surface area contributed by atoms with Crippen molar-refractivity contribution in [1.82, 2.24) is 4.98 Å². The van der Waals surface area contributed by atoms with Crippen LogP contribution in [0.3, 0.4) is 0 Å². The van der Waals surface area contributed by atoms with Gasteiger partial charge < -0.3 is 10.1 Å². The molecule has 8 heteroatoms. The standard InChI is InChI=1S/C21H18BrN3O3S/c1-12-21(23-13(2)29-12)14-3-8-18-17(9-14)25(20(27)11-28-18)10-19(26)24-16-6-4-15(22)5-7-16/h3-9H,10-11H2,1-2H3,(H,24,26). The van der Waals surface area contributed by atoms with Crippen LogP contribution in [0.4, 0.5) is 11.4 Å². The van der Waals surface area contributed by atoms with Crippen molar-refractivity contribution < 1.29 is 14.3 Å². The number of anilines is 2. The molecular weight excluding hydrogens is 454 g/mol. The summed E-state index contributed by atoms with van der Waals surface area (Å²) < 4.78 is 6.48. The van der Waals surface area contributed by atoms with E-state index in [0.717, 1.165) is 25.6 Å². The van der Waals surface area contributed by atoms with Crippen molar-refractivity contribution in [2.24, 2.45) is 0 Å². The Labute approximate surface area is 180 Å². The number of aryl methyl sites for hydroxylation is 2. The van der Waals surface area contributed by atoms with Crippen LogP contribution in [-0.2, 0) is 9.59 Å². The Balaban J connectivity index is 1.60. The summed E-state index contributed by atoms with van der Waals surface area (Å²) in [5, 5.41) is 3.80. The van der Waals surface area contributed by atoms with E-state index in [1.165, 1.54) is 4.90 Å². The van der Waals surface area contributed by atoms with E-state index in [1.807, 2.05) is 44.2 Å². The third-order valence-corrected chi connectivity index (χ3v) is 5.92. The number of rotatable bonds is 4. The van der Waals surface area contributed by atoms with Crippen molar-refractivity contribution in [2.75, 3.05) is 23.4 Å². The van der Waals surface area contributed by atoms with Crippen LogP contribution in [0.15, 0.2) is 46.9 Å². The highest BCUT2D eigenvalue weighted by Crippen LogP contribution is 2.37. The number of nitrogens with one attached hydrogen (secondary N) is 1. The summed E-state index contributed by atoms with van der Waals surface area (Å²) in [6.07, 6.45) is 0. The molecule has 1 aromatic heterocycles. The molecule has 2 amide bonds. The second-order valence-electron chi connectivity index (χ2n) is 6.64. The number of benzene rings is 2. The molecule has 3 aromatic rings. The van der Waals surface area contributed by atoms with Crippen LogP contribution in [0.5, 0.6) is 5.75 Å². The molecule has 0 fully saturated rings. The molecule has 2 aromatic carbocycles. The third kappa shape index (κ3) is 4.18. The third-order valence-electron chi connectivity index (χ3n) is 4.51. The summed E-state index contributed by atoms with van der Waals surface area (Å²) in [4.78, 5) is 32.2. The normalized spacial score (nSPS) is 13.1. The van der Waals surface area contributed by atoms with Crippen molar-refractivity contribution in [3.63, 3.8) is 0 Å². The zero-order chi connectivity index (χ0) is 20.5. The highest BCUT2D eigenvalue weighted by molar-refractivity contribution is 9.10. The molecule has 1 aliphatic rings. The van der Waals surface area contributed by atoms with Crippen LogP contribution < -0.4 is 15.0 Å². The molecule has 0 aliphatic carbocycles. The number of hydrogen-bond acceptors (Lipinski definition) is 5. The fourth-order valence-corrected chi connectivity index (χ4v) is 4.30. The second-order valence-corrected chi connectivity index (χ2v) is 8.97.